The van der Waals surface area contributed by atoms with Gasteiger partial charge < -0.3 is 0 Å². The molecule has 4 bridgehead atoms. The lowest BCUT2D eigenvalue weighted by atomic mass is 9.56. The number of Topliss-reactive ketones (excluding diaryl/α,β-unsaturated/α-hetero) is 2. The van der Waals surface area contributed by atoms with Crippen LogP contribution in [-0.2, 0) is 20.4 Å². The van der Waals surface area contributed by atoms with E-state index in [4.69, 9.17) is 0 Å². The number of benzene rings is 1. The van der Waals surface area contributed by atoms with E-state index in [1.807, 2.05) is 0 Å². The molecule has 1 aromatic rings. The van der Waals surface area contributed by atoms with Crippen molar-refractivity contribution in [1.29, 1.82) is 0 Å². The number of carbonyl (C=O) groups excluding carboxylic acids is 2. The van der Waals surface area contributed by atoms with E-state index in [1.165, 1.54) is 33.4 Å². The first kappa shape index (κ1) is 23.8. The Morgan fingerprint density at radius 1 is 0.529 bits per heavy atom. The summed E-state index contributed by atoms with van der Waals surface area (Å²) < 4.78 is 0. The summed E-state index contributed by atoms with van der Waals surface area (Å²) in [6.45, 7) is 31.3. The number of rotatable bonds is 2. The average molecular weight is 459 g/mol. The summed E-state index contributed by atoms with van der Waals surface area (Å²) in [5, 5.41) is 0. The highest BCUT2D eigenvalue weighted by Crippen LogP contribution is 2.75. The van der Waals surface area contributed by atoms with Crippen LogP contribution >= 0.6 is 0 Å². The molecule has 0 aliphatic heterocycles. The monoisotopic (exact) mass is 458 g/mol. The number of ketones is 2. The van der Waals surface area contributed by atoms with E-state index in [0.717, 1.165) is 36.8 Å². The molecule has 4 saturated carbocycles. The molecular formula is C32H42O2. The van der Waals surface area contributed by atoms with Gasteiger partial charge in [-0.1, -0.05) is 54.7 Å². The number of carbonyl (C=O) groups is 2. The molecule has 0 heterocycles. The van der Waals surface area contributed by atoms with E-state index in [9.17, 15) is 9.59 Å². The number of fused-ring (bicyclic) bond motifs is 4. The van der Waals surface area contributed by atoms with Gasteiger partial charge in [-0.25, -0.2) is 0 Å². The van der Waals surface area contributed by atoms with Crippen molar-refractivity contribution in [3.63, 3.8) is 0 Å². The molecule has 4 fully saturated rings. The smallest absolute Gasteiger partial charge is 0.165 e. The first-order chi connectivity index (χ1) is 15.4. The predicted octanol–water partition coefficient (Wildman–Crippen LogP) is 7.33. The molecule has 0 aromatic heterocycles. The van der Waals surface area contributed by atoms with Crippen LogP contribution in [-0.4, -0.2) is 11.6 Å². The first-order valence-electron chi connectivity index (χ1n) is 13.0. The number of allylic oxidation sites excluding steroid dienone is 2. The van der Waals surface area contributed by atoms with Gasteiger partial charge in [0.25, 0.3) is 0 Å². The number of hydrogen-bond acceptors (Lipinski definition) is 2. The second-order valence-electron chi connectivity index (χ2n) is 13.6. The van der Waals surface area contributed by atoms with Crippen LogP contribution < -0.4 is 0 Å². The van der Waals surface area contributed by atoms with Crippen LogP contribution in [0.15, 0.2) is 24.3 Å². The molecule has 182 valence electrons. The SMILES string of the molecule is C=C1C(=O)C2(C)CCC1(c1c(C)c(C)c(C34CCC(C)(C(=O)C3=C)C4(C)C)c(C)c1C)C2(C)C. The highest BCUT2D eigenvalue weighted by atomic mass is 16.1. The summed E-state index contributed by atoms with van der Waals surface area (Å²) in [4.78, 5) is 27.0. The third kappa shape index (κ3) is 1.88. The van der Waals surface area contributed by atoms with Crippen molar-refractivity contribution in [3.8, 4) is 0 Å². The second kappa shape index (κ2) is 6.05. The summed E-state index contributed by atoms with van der Waals surface area (Å²) in [5.74, 6) is 0.506. The summed E-state index contributed by atoms with van der Waals surface area (Å²) in [5.41, 5.74) is 7.58. The lowest BCUT2D eigenvalue weighted by Gasteiger charge is -2.46. The first-order valence-corrected chi connectivity index (χ1v) is 13.0. The zero-order chi connectivity index (χ0) is 25.6. The molecule has 4 aliphatic rings. The molecule has 5 rings (SSSR count). The zero-order valence-electron chi connectivity index (χ0n) is 23.1. The van der Waals surface area contributed by atoms with Gasteiger partial charge in [0.15, 0.2) is 11.6 Å². The molecule has 0 spiro atoms. The molecule has 4 atom stereocenters. The molecule has 0 radical (unpaired) electrons. The Labute approximate surface area is 206 Å². The van der Waals surface area contributed by atoms with Crippen molar-refractivity contribution in [2.24, 2.45) is 21.7 Å². The van der Waals surface area contributed by atoms with E-state index in [1.54, 1.807) is 0 Å². The fourth-order valence-corrected chi connectivity index (χ4v) is 9.74. The highest BCUT2D eigenvalue weighted by Gasteiger charge is 2.74. The Kier molecular flexibility index (Phi) is 4.23. The summed E-state index contributed by atoms with van der Waals surface area (Å²) in [6, 6.07) is 0. The third-order valence-electron chi connectivity index (χ3n) is 13.0. The van der Waals surface area contributed by atoms with E-state index < -0.39 is 0 Å². The van der Waals surface area contributed by atoms with E-state index in [2.05, 4.69) is 82.4 Å². The van der Waals surface area contributed by atoms with Crippen LogP contribution in [0.1, 0.15) is 101 Å². The van der Waals surface area contributed by atoms with Gasteiger partial charge in [-0.2, -0.15) is 0 Å². The molecule has 2 nitrogen and oxygen atoms in total. The molecule has 0 N–H and O–H groups in total. The van der Waals surface area contributed by atoms with E-state index >= 15 is 0 Å². The second-order valence-corrected chi connectivity index (χ2v) is 13.6. The Morgan fingerprint density at radius 3 is 1.00 bits per heavy atom. The van der Waals surface area contributed by atoms with Crippen LogP contribution in [0.4, 0.5) is 0 Å². The van der Waals surface area contributed by atoms with Crippen LogP contribution in [0.3, 0.4) is 0 Å². The normalized spacial score (nSPS) is 39.6. The van der Waals surface area contributed by atoms with Gasteiger partial charge in [0.2, 0.25) is 0 Å². The Bertz CT molecular complexity index is 1130. The quantitative estimate of drug-likeness (QED) is 0.435. The Morgan fingerprint density at radius 2 is 0.794 bits per heavy atom. The van der Waals surface area contributed by atoms with Gasteiger partial charge in [0, 0.05) is 21.7 Å². The van der Waals surface area contributed by atoms with Crippen molar-refractivity contribution >= 4 is 11.6 Å². The minimum atomic E-state index is -0.358. The van der Waals surface area contributed by atoms with E-state index in [-0.39, 0.29) is 44.1 Å². The van der Waals surface area contributed by atoms with Gasteiger partial charge >= 0.3 is 0 Å². The van der Waals surface area contributed by atoms with Gasteiger partial charge in [-0.05, 0) is 109 Å². The maximum atomic E-state index is 13.5. The van der Waals surface area contributed by atoms with Crippen molar-refractivity contribution in [2.75, 3.05) is 0 Å². The minimum absolute atomic E-state index is 0.194. The van der Waals surface area contributed by atoms with E-state index in [0.29, 0.717) is 0 Å². The minimum Gasteiger partial charge on any atom is -0.294 e. The molecule has 34 heavy (non-hydrogen) atoms. The molecule has 0 saturated heterocycles. The van der Waals surface area contributed by atoms with Crippen molar-refractivity contribution in [2.45, 2.75) is 106 Å². The highest BCUT2D eigenvalue weighted by molar-refractivity contribution is 6.08. The van der Waals surface area contributed by atoms with Crippen molar-refractivity contribution in [3.05, 3.63) is 57.7 Å². The van der Waals surface area contributed by atoms with Crippen LogP contribution in [0.25, 0.3) is 0 Å². The fourth-order valence-electron chi connectivity index (χ4n) is 9.74. The Hall–Kier alpha value is -1.96. The molecule has 2 heteroatoms. The maximum Gasteiger partial charge on any atom is 0.165 e. The molecule has 4 aliphatic carbocycles. The van der Waals surface area contributed by atoms with Crippen molar-refractivity contribution in [1.82, 2.24) is 0 Å². The van der Waals surface area contributed by atoms with Crippen LogP contribution in [0.2, 0.25) is 0 Å². The van der Waals surface area contributed by atoms with Gasteiger partial charge in [0.05, 0.1) is 0 Å². The fraction of sp³-hybridized carbons (Fsp3) is 0.625. The molecule has 4 unspecified atom stereocenters. The lowest BCUT2D eigenvalue weighted by Crippen LogP contribution is -2.42. The van der Waals surface area contributed by atoms with Gasteiger partial charge in [-0.15, -0.1) is 0 Å². The summed E-state index contributed by atoms with van der Waals surface area (Å²) in [6.07, 6.45) is 3.77. The molecule has 1 aromatic carbocycles. The standard InChI is InChI=1S/C32H42O2/c1-17-18(2)24(32-16-14-30(12,28(32,9)10)26(34)22(32)6)20(4)19(3)23(17)31-15-13-29(11,27(31,7)8)25(33)21(31)5/h5-6,13-16H2,1-4,7-12H3. The summed E-state index contributed by atoms with van der Waals surface area (Å²) >= 11 is 0. The predicted molar refractivity (Wildman–Crippen MR) is 139 cm³/mol. The topological polar surface area (TPSA) is 34.1 Å². The molecular weight excluding hydrogens is 416 g/mol. The van der Waals surface area contributed by atoms with Crippen LogP contribution in [0.5, 0.6) is 0 Å². The lowest BCUT2D eigenvalue weighted by molar-refractivity contribution is -0.126. The zero-order valence-corrected chi connectivity index (χ0v) is 23.1. The number of hydrogen-bond donors (Lipinski definition) is 0. The Balaban J connectivity index is 1.85. The largest absolute Gasteiger partial charge is 0.294 e. The van der Waals surface area contributed by atoms with Gasteiger partial charge in [-0.3, -0.25) is 9.59 Å². The molecule has 0 amide bonds. The summed E-state index contributed by atoms with van der Waals surface area (Å²) in [7, 11) is 0. The van der Waals surface area contributed by atoms with Crippen molar-refractivity contribution < 1.29 is 9.59 Å². The van der Waals surface area contributed by atoms with Gasteiger partial charge in [0.1, 0.15) is 0 Å². The van der Waals surface area contributed by atoms with Crippen LogP contribution in [0, 0.1) is 49.4 Å². The average Bonchev–Trinajstić information content (AvgIpc) is 3.18. The maximum absolute atomic E-state index is 13.5. The third-order valence-corrected chi connectivity index (χ3v) is 13.0.